The minimum Gasteiger partial charge on any atom is -0.371 e. The van der Waals surface area contributed by atoms with E-state index in [0.29, 0.717) is 0 Å². The first-order chi connectivity index (χ1) is 10.8. The van der Waals surface area contributed by atoms with Crippen molar-refractivity contribution >= 4 is 33.1 Å². The molecule has 6 N–H and O–H groups in total. The van der Waals surface area contributed by atoms with Gasteiger partial charge in [-0.25, -0.2) is 13.4 Å². The van der Waals surface area contributed by atoms with Crippen molar-refractivity contribution in [2.45, 2.75) is 24.2 Å². The van der Waals surface area contributed by atoms with E-state index in [2.05, 4.69) is 14.9 Å². The lowest BCUT2D eigenvalue weighted by atomic mass is 10.1. The summed E-state index contributed by atoms with van der Waals surface area (Å²) in [7, 11) is -3.45. The summed E-state index contributed by atoms with van der Waals surface area (Å²) in [5, 5.41) is 0. The SMILES string of the molecule is CS(=O)(=O)c1ccc(N2CCCCC2)cc1N=C(N)N=C(N)N. The van der Waals surface area contributed by atoms with Crippen LogP contribution in [-0.4, -0.2) is 39.7 Å². The van der Waals surface area contributed by atoms with Crippen molar-refractivity contribution < 1.29 is 8.42 Å². The largest absolute Gasteiger partial charge is 0.371 e. The highest BCUT2D eigenvalue weighted by molar-refractivity contribution is 7.90. The molecule has 0 saturated carbocycles. The number of hydrogen-bond acceptors (Lipinski definition) is 4. The van der Waals surface area contributed by atoms with E-state index in [4.69, 9.17) is 17.2 Å². The number of anilines is 1. The molecule has 23 heavy (non-hydrogen) atoms. The van der Waals surface area contributed by atoms with Gasteiger partial charge in [-0.05, 0) is 37.5 Å². The Kier molecular flexibility index (Phi) is 5.09. The summed E-state index contributed by atoms with van der Waals surface area (Å²) in [6, 6.07) is 5.04. The van der Waals surface area contributed by atoms with E-state index in [0.717, 1.165) is 37.9 Å². The van der Waals surface area contributed by atoms with Crippen LogP contribution >= 0.6 is 0 Å². The molecule has 1 saturated heterocycles. The van der Waals surface area contributed by atoms with Crippen LogP contribution in [0, 0.1) is 0 Å². The molecule has 9 heteroatoms. The molecule has 8 nitrogen and oxygen atoms in total. The standard InChI is InChI=1S/C14H22N6O2S/c1-23(21,22)12-6-5-10(20-7-3-2-4-8-20)9-11(12)18-14(17)19-13(15)16/h5-6,9H,2-4,7-8H2,1H3,(H6,15,16,17,18,19). The Bertz CT molecular complexity index is 732. The molecule has 0 amide bonds. The van der Waals surface area contributed by atoms with Gasteiger partial charge in [-0.3, -0.25) is 0 Å². The summed E-state index contributed by atoms with van der Waals surface area (Å²) in [6.45, 7) is 1.87. The van der Waals surface area contributed by atoms with Crippen molar-refractivity contribution in [1.82, 2.24) is 0 Å². The molecule has 0 spiro atoms. The number of sulfone groups is 1. The first-order valence-corrected chi connectivity index (χ1v) is 9.19. The minimum absolute atomic E-state index is 0.0898. The van der Waals surface area contributed by atoms with Crippen LogP contribution in [0.15, 0.2) is 33.1 Å². The molecular formula is C14H22N6O2S. The Balaban J connectivity index is 2.48. The van der Waals surface area contributed by atoms with E-state index >= 15 is 0 Å². The van der Waals surface area contributed by atoms with Crippen molar-refractivity contribution in [2.24, 2.45) is 27.2 Å². The summed E-state index contributed by atoms with van der Waals surface area (Å²) in [6.07, 6.45) is 4.56. The monoisotopic (exact) mass is 338 g/mol. The number of aliphatic imine (C=N–C) groups is 2. The Morgan fingerprint density at radius 2 is 1.78 bits per heavy atom. The lowest BCUT2D eigenvalue weighted by Gasteiger charge is -2.29. The van der Waals surface area contributed by atoms with E-state index in [1.165, 1.54) is 6.42 Å². The van der Waals surface area contributed by atoms with Crippen LogP contribution in [0.25, 0.3) is 0 Å². The van der Waals surface area contributed by atoms with Crippen LogP contribution in [0.4, 0.5) is 11.4 Å². The Hall–Kier alpha value is -2.29. The number of guanidine groups is 2. The lowest BCUT2D eigenvalue weighted by molar-refractivity contribution is 0.577. The fraction of sp³-hybridized carbons (Fsp3) is 0.429. The van der Waals surface area contributed by atoms with Gasteiger partial charge in [0.1, 0.15) is 0 Å². The maximum absolute atomic E-state index is 11.9. The highest BCUT2D eigenvalue weighted by Gasteiger charge is 2.17. The molecule has 2 rings (SSSR count). The van der Waals surface area contributed by atoms with Crippen molar-refractivity contribution in [3.05, 3.63) is 18.2 Å². The predicted octanol–water partition coefficient (Wildman–Crippen LogP) is 0.300. The topological polar surface area (TPSA) is 140 Å². The summed E-state index contributed by atoms with van der Waals surface area (Å²) in [4.78, 5) is 9.98. The molecule has 0 unspecified atom stereocenters. The summed E-state index contributed by atoms with van der Waals surface area (Å²) < 4.78 is 23.9. The third-order valence-corrected chi connectivity index (χ3v) is 4.69. The van der Waals surface area contributed by atoms with Gasteiger partial charge in [-0.1, -0.05) is 0 Å². The third-order valence-electron chi connectivity index (χ3n) is 3.54. The first kappa shape index (κ1) is 17.1. The second-order valence-corrected chi connectivity index (χ2v) is 7.46. The maximum Gasteiger partial charge on any atom is 0.223 e. The molecule has 0 atom stereocenters. The molecule has 1 aromatic rings. The number of nitrogens with zero attached hydrogens (tertiary/aromatic N) is 3. The van der Waals surface area contributed by atoms with Crippen LogP contribution in [0.1, 0.15) is 19.3 Å². The molecule has 1 aromatic carbocycles. The highest BCUT2D eigenvalue weighted by Crippen LogP contribution is 2.31. The number of benzene rings is 1. The van der Waals surface area contributed by atoms with E-state index in [9.17, 15) is 8.42 Å². The van der Waals surface area contributed by atoms with Gasteiger partial charge in [-0.15, -0.1) is 0 Å². The van der Waals surface area contributed by atoms with Crippen molar-refractivity contribution in [3.63, 3.8) is 0 Å². The number of piperidine rings is 1. The second-order valence-electron chi connectivity index (χ2n) is 5.48. The Morgan fingerprint density at radius 3 is 2.35 bits per heavy atom. The van der Waals surface area contributed by atoms with Gasteiger partial charge in [0.25, 0.3) is 0 Å². The minimum atomic E-state index is -3.45. The van der Waals surface area contributed by atoms with Crippen LogP contribution in [0.2, 0.25) is 0 Å². The maximum atomic E-state index is 11.9. The molecule has 0 bridgehead atoms. The smallest absolute Gasteiger partial charge is 0.223 e. The normalized spacial score (nSPS) is 16.2. The highest BCUT2D eigenvalue weighted by atomic mass is 32.2. The molecule has 1 fully saturated rings. The Labute approximate surface area is 136 Å². The summed E-state index contributed by atoms with van der Waals surface area (Å²) in [5.41, 5.74) is 17.3. The zero-order chi connectivity index (χ0) is 17.0. The van der Waals surface area contributed by atoms with Gasteiger partial charge in [-0.2, -0.15) is 4.99 Å². The summed E-state index contributed by atoms with van der Waals surface area (Å²) in [5.74, 6) is -0.426. The van der Waals surface area contributed by atoms with E-state index < -0.39 is 9.84 Å². The van der Waals surface area contributed by atoms with Crippen LogP contribution < -0.4 is 22.1 Å². The number of rotatable bonds is 3. The molecule has 1 aliphatic rings. The Morgan fingerprint density at radius 1 is 1.13 bits per heavy atom. The van der Waals surface area contributed by atoms with Gasteiger partial charge in [0, 0.05) is 25.0 Å². The molecule has 0 aromatic heterocycles. The van der Waals surface area contributed by atoms with E-state index in [-0.39, 0.29) is 22.5 Å². The summed E-state index contributed by atoms with van der Waals surface area (Å²) >= 11 is 0. The second kappa shape index (κ2) is 6.86. The van der Waals surface area contributed by atoms with Crippen molar-refractivity contribution in [3.8, 4) is 0 Å². The molecule has 1 aliphatic heterocycles. The zero-order valence-corrected chi connectivity index (χ0v) is 13.9. The van der Waals surface area contributed by atoms with E-state index in [1.807, 2.05) is 0 Å². The molecule has 126 valence electrons. The quantitative estimate of drug-likeness (QED) is 0.535. The fourth-order valence-corrected chi connectivity index (χ4v) is 3.34. The van der Waals surface area contributed by atoms with Gasteiger partial charge in [0.2, 0.25) is 5.96 Å². The number of nitrogens with two attached hydrogens (primary N) is 3. The zero-order valence-electron chi connectivity index (χ0n) is 13.1. The molecule has 0 aliphatic carbocycles. The van der Waals surface area contributed by atoms with Crippen LogP contribution in [-0.2, 0) is 9.84 Å². The van der Waals surface area contributed by atoms with Gasteiger partial charge in [0.15, 0.2) is 15.8 Å². The average molecular weight is 338 g/mol. The lowest BCUT2D eigenvalue weighted by Crippen LogP contribution is -2.29. The molecule has 1 heterocycles. The first-order valence-electron chi connectivity index (χ1n) is 7.30. The van der Waals surface area contributed by atoms with Crippen molar-refractivity contribution in [2.75, 3.05) is 24.2 Å². The molecule has 0 radical (unpaired) electrons. The van der Waals surface area contributed by atoms with Crippen LogP contribution in [0.5, 0.6) is 0 Å². The molecular weight excluding hydrogens is 316 g/mol. The third kappa shape index (κ3) is 4.59. The van der Waals surface area contributed by atoms with Gasteiger partial charge < -0.3 is 22.1 Å². The van der Waals surface area contributed by atoms with Crippen LogP contribution in [0.3, 0.4) is 0 Å². The predicted molar refractivity (Wildman–Crippen MR) is 92.7 cm³/mol. The van der Waals surface area contributed by atoms with Crippen molar-refractivity contribution in [1.29, 1.82) is 0 Å². The number of hydrogen-bond donors (Lipinski definition) is 3. The van der Waals surface area contributed by atoms with Gasteiger partial charge >= 0.3 is 0 Å². The van der Waals surface area contributed by atoms with Gasteiger partial charge in [0.05, 0.1) is 10.6 Å². The fourth-order valence-electron chi connectivity index (χ4n) is 2.54. The average Bonchev–Trinajstić information content (AvgIpc) is 2.46. The van der Waals surface area contributed by atoms with E-state index in [1.54, 1.807) is 18.2 Å².